The van der Waals surface area contributed by atoms with E-state index in [4.69, 9.17) is 5.73 Å². The molecule has 2 N–H and O–H groups in total. The maximum absolute atomic E-state index is 12.1. The number of hydrogen-bond acceptors (Lipinski definition) is 3. The van der Waals surface area contributed by atoms with Crippen molar-refractivity contribution in [3.05, 3.63) is 0 Å². The minimum atomic E-state index is 0.0441. The molecule has 1 heterocycles. The molecule has 0 saturated carbocycles. The Bertz CT molecular complexity index is 336. The van der Waals surface area contributed by atoms with Crippen LogP contribution in [0.1, 0.15) is 46.0 Å². The lowest BCUT2D eigenvalue weighted by molar-refractivity contribution is -0.139. The Balaban J connectivity index is 2.33. The molecule has 0 aromatic rings. The molecule has 0 aromatic heterocycles. The lowest BCUT2D eigenvalue weighted by Crippen LogP contribution is -2.40. The molecular formula is C15H29N3O2. The summed E-state index contributed by atoms with van der Waals surface area (Å²) >= 11 is 0. The average Bonchev–Trinajstić information content (AvgIpc) is 2.89. The third-order valence-electron chi connectivity index (χ3n) is 4.09. The summed E-state index contributed by atoms with van der Waals surface area (Å²) in [5.41, 5.74) is 5.66. The van der Waals surface area contributed by atoms with E-state index in [1.54, 1.807) is 11.9 Å². The van der Waals surface area contributed by atoms with Gasteiger partial charge in [-0.3, -0.25) is 9.59 Å². The average molecular weight is 283 g/mol. The summed E-state index contributed by atoms with van der Waals surface area (Å²) < 4.78 is 0. The van der Waals surface area contributed by atoms with Crippen LogP contribution in [0, 0.1) is 5.41 Å². The van der Waals surface area contributed by atoms with Crippen molar-refractivity contribution < 1.29 is 9.59 Å². The molecule has 1 fully saturated rings. The van der Waals surface area contributed by atoms with Gasteiger partial charge in [-0.1, -0.05) is 13.8 Å². The number of carbonyl (C=O) groups excluding carboxylic acids is 2. The zero-order valence-electron chi connectivity index (χ0n) is 13.2. The monoisotopic (exact) mass is 283 g/mol. The van der Waals surface area contributed by atoms with Crippen molar-refractivity contribution in [2.75, 3.05) is 33.2 Å². The van der Waals surface area contributed by atoms with Crippen LogP contribution in [0.5, 0.6) is 0 Å². The minimum absolute atomic E-state index is 0.0441. The molecule has 5 heteroatoms. The van der Waals surface area contributed by atoms with Crippen LogP contribution in [-0.2, 0) is 9.59 Å². The molecule has 1 rings (SSSR count). The van der Waals surface area contributed by atoms with Gasteiger partial charge < -0.3 is 15.5 Å². The van der Waals surface area contributed by atoms with Gasteiger partial charge >= 0.3 is 0 Å². The van der Waals surface area contributed by atoms with E-state index in [-0.39, 0.29) is 23.8 Å². The highest BCUT2D eigenvalue weighted by atomic mass is 16.2. The Morgan fingerprint density at radius 1 is 1.20 bits per heavy atom. The fourth-order valence-electron chi connectivity index (χ4n) is 2.51. The van der Waals surface area contributed by atoms with Crippen molar-refractivity contribution in [1.29, 1.82) is 0 Å². The van der Waals surface area contributed by atoms with Crippen LogP contribution in [0.25, 0.3) is 0 Å². The first-order valence-corrected chi connectivity index (χ1v) is 7.57. The molecule has 0 bridgehead atoms. The van der Waals surface area contributed by atoms with Crippen LogP contribution >= 0.6 is 0 Å². The molecule has 0 unspecified atom stereocenters. The normalized spacial score (nSPS) is 15.5. The van der Waals surface area contributed by atoms with Crippen LogP contribution < -0.4 is 5.73 Å². The molecule has 20 heavy (non-hydrogen) atoms. The second kappa shape index (κ2) is 7.62. The van der Waals surface area contributed by atoms with E-state index in [1.165, 1.54) is 0 Å². The number of nitrogens with two attached hydrogens (primary N) is 1. The zero-order chi connectivity index (χ0) is 15.2. The Morgan fingerprint density at radius 2 is 1.80 bits per heavy atom. The summed E-state index contributed by atoms with van der Waals surface area (Å²) in [6.07, 6.45) is 4.37. The molecule has 116 valence electrons. The molecule has 0 aliphatic carbocycles. The van der Waals surface area contributed by atoms with E-state index in [1.807, 2.05) is 4.90 Å². The Hall–Kier alpha value is -1.10. The molecule has 0 aromatic carbocycles. The van der Waals surface area contributed by atoms with Crippen LogP contribution in [0.2, 0.25) is 0 Å². The lowest BCUT2D eigenvalue weighted by atomic mass is 9.84. The molecule has 1 aliphatic heterocycles. The summed E-state index contributed by atoms with van der Waals surface area (Å²) in [4.78, 5) is 27.5. The number of rotatable bonds is 7. The minimum Gasteiger partial charge on any atom is -0.341 e. The van der Waals surface area contributed by atoms with Crippen molar-refractivity contribution in [3.63, 3.8) is 0 Å². The van der Waals surface area contributed by atoms with Gasteiger partial charge in [0.25, 0.3) is 0 Å². The largest absolute Gasteiger partial charge is 0.341 e. The van der Waals surface area contributed by atoms with Gasteiger partial charge in [0.15, 0.2) is 0 Å². The van der Waals surface area contributed by atoms with Crippen LogP contribution in [0.4, 0.5) is 0 Å². The van der Waals surface area contributed by atoms with E-state index in [9.17, 15) is 9.59 Å². The molecule has 1 saturated heterocycles. The molecule has 2 amide bonds. The van der Waals surface area contributed by atoms with E-state index in [0.29, 0.717) is 13.0 Å². The van der Waals surface area contributed by atoms with Gasteiger partial charge in [-0.2, -0.15) is 0 Å². The zero-order valence-corrected chi connectivity index (χ0v) is 13.2. The van der Waals surface area contributed by atoms with E-state index < -0.39 is 0 Å². The summed E-state index contributed by atoms with van der Waals surface area (Å²) in [5.74, 6) is 0.113. The first kappa shape index (κ1) is 17.0. The van der Waals surface area contributed by atoms with Crippen LogP contribution in [-0.4, -0.2) is 54.8 Å². The third kappa shape index (κ3) is 5.49. The second-order valence-electron chi connectivity index (χ2n) is 6.54. The van der Waals surface area contributed by atoms with Crippen molar-refractivity contribution in [3.8, 4) is 0 Å². The maximum Gasteiger partial charge on any atom is 0.242 e. The lowest BCUT2D eigenvalue weighted by Gasteiger charge is -2.25. The predicted molar refractivity (Wildman–Crippen MR) is 80.1 cm³/mol. The van der Waals surface area contributed by atoms with Crippen molar-refractivity contribution in [2.45, 2.75) is 46.0 Å². The standard InChI is InChI=1S/C15H29N3O2/c1-15(2,8-9-16)7-6-13(19)17(3)12-14(20)18-10-4-5-11-18/h4-12,16H2,1-3H3. The van der Waals surface area contributed by atoms with Crippen molar-refractivity contribution >= 4 is 11.8 Å². The maximum atomic E-state index is 12.1. The van der Waals surface area contributed by atoms with Gasteiger partial charge in [0.1, 0.15) is 0 Å². The second-order valence-corrected chi connectivity index (χ2v) is 6.54. The Labute approximate surface area is 122 Å². The van der Waals surface area contributed by atoms with E-state index >= 15 is 0 Å². The smallest absolute Gasteiger partial charge is 0.242 e. The molecular weight excluding hydrogens is 254 g/mol. The number of amides is 2. The Morgan fingerprint density at radius 3 is 2.35 bits per heavy atom. The fraction of sp³-hybridized carbons (Fsp3) is 0.867. The molecule has 0 spiro atoms. The quantitative estimate of drug-likeness (QED) is 0.764. The van der Waals surface area contributed by atoms with Gasteiger partial charge in [-0.25, -0.2) is 0 Å². The third-order valence-corrected chi connectivity index (χ3v) is 4.09. The van der Waals surface area contributed by atoms with Crippen LogP contribution in [0.15, 0.2) is 0 Å². The number of nitrogens with zero attached hydrogens (tertiary/aromatic N) is 2. The van der Waals surface area contributed by atoms with Gasteiger partial charge in [0, 0.05) is 26.6 Å². The number of likely N-dealkylation sites (N-methyl/N-ethyl adjacent to an activating group) is 1. The molecule has 0 radical (unpaired) electrons. The van der Waals surface area contributed by atoms with Crippen molar-refractivity contribution in [2.24, 2.45) is 11.1 Å². The fourth-order valence-corrected chi connectivity index (χ4v) is 2.51. The highest BCUT2D eigenvalue weighted by Crippen LogP contribution is 2.26. The van der Waals surface area contributed by atoms with E-state index in [0.717, 1.165) is 38.8 Å². The number of carbonyl (C=O) groups is 2. The van der Waals surface area contributed by atoms with Gasteiger partial charge in [0.05, 0.1) is 6.54 Å². The highest BCUT2D eigenvalue weighted by Gasteiger charge is 2.23. The van der Waals surface area contributed by atoms with Gasteiger partial charge in [-0.05, 0) is 37.6 Å². The summed E-state index contributed by atoms with van der Waals surface area (Å²) in [6.45, 7) is 6.78. The Kier molecular flexibility index (Phi) is 6.46. The van der Waals surface area contributed by atoms with Crippen molar-refractivity contribution in [1.82, 2.24) is 9.80 Å². The SMILES string of the molecule is CN(CC(=O)N1CCCC1)C(=O)CCC(C)(C)CCN. The van der Waals surface area contributed by atoms with Crippen LogP contribution in [0.3, 0.4) is 0 Å². The summed E-state index contributed by atoms with van der Waals surface area (Å²) in [6, 6.07) is 0. The van der Waals surface area contributed by atoms with E-state index in [2.05, 4.69) is 13.8 Å². The first-order valence-electron chi connectivity index (χ1n) is 7.57. The topological polar surface area (TPSA) is 66.6 Å². The molecule has 0 atom stereocenters. The molecule has 5 nitrogen and oxygen atoms in total. The molecule has 1 aliphatic rings. The number of hydrogen-bond donors (Lipinski definition) is 1. The van der Waals surface area contributed by atoms with Gasteiger partial charge in [0.2, 0.25) is 11.8 Å². The summed E-state index contributed by atoms with van der Waals surface area (Å²) in [5, 5.41) is 0. The summed E-state index contributed by atoms with van der Waals surface area (Å²) in [7, 11) is 1.71. The highest BCUT2D eigenvalue weighted by molar-refractivity contribution is 5.84. The first-order chi connectivity index (χ1) is 9.35. The van der Waals surface area contributed by atoms with Gasteiger partial charge in [-0.15, -0.1) is 0 Å². The number of likely N-dealkylation sites (tertiary alicyclic amines) is 1. The predicted octanol–water partition coefficient (Wildman–Crippen LogP) is 1.22.